The summed E-state index contributed by atoms with van der Waals surface area (Å²) in [6.07, 6.45) is 0. The van der Waals surface area contributed by atoms with Crippen LogP contribution >= 0.6 is 27.5 Å². The van der Waals surface area contributed by atoms with Crippen LogP contribution < -0.4 is 0 Å². The normalized spacial score (nSPS) is 10.8. The molecular weight excluding hydrogens is 326 g/mol. The summed E-state index contributed by atoms with van der Waals surface area (Å²) in [6, 6.07) is 8.06. The highest BCUT2D eigenvalue weighted by molar-refractivity contribution is 9.10. The molecular formula is C15H15BrClNO. The maximum absolute atomic E-state index is 11.8. The van der Waals surface area contributed by atoms with E-state index in [9.17, 15) is 4.79 Å². The molecule has 0 aliphatic heterocycles. The van der Waals surface area contributed by atoms with E-state index < -0.39 is 0 Å². The minimum absolute atomic E-state index is 0.0132. The Morgan fingerprint density at radius 2 is 1.95 bits per heavy atom. The second kappa shape index (κ2) is 5.51. The summed E-state index contributed by atoms with van der Waals surface area (Å²) in [5.74, 6) is -0.0241. The van der Waals surface area contributed by atoms with Crippen molar-refractivity contribution in [2.45, 2.75) is 20.8 Å². The Morgan fingerprint density at radius 1 is 1.26 bits per heavy atom. The van der Waals surface area contributed by atoms with Crippen LogP contribution in [-0.2, 0) is 0 Å². The van der Waals surface area contributed by atoms with E-state index in [1.54, 1.807) is 0 Å². The van der Waals surface area contributed by atoms with Crippen LogP contribution in [0, 0.1) is 20.8 Å². The number of hydrogen-bond donors (Lipinski definition) is 0. The van der Waals surface area contributed by atoms with Crippen molar-refractivity contribution in [3.63, 3.8) is 0 Å². The minimum atomic E-state index is -0.0372. The smallest absolute Gasteiger partial charge is 0.179 e. The third kappa shape index (κ3) is 2.63. The number of ketones is 1. The number of rotatable bonds is 3. The van der Waals surface area contributed by atoms with Crippen molar-refractivity contribution < 1.29 is 4.79 Å². The lowest BCUT2D eigenvalue weighted by Crippen LogP contribution is -2.05. The molecule has 4 heteroatoms. The van der Waals surface area contributed by atoms with Gasteiger partial charge in [-0.15, -0.1) is 11.6 Å². The van der Waals surface area contributed by atoms with Gasteiger partial charge in [0.05, 0.1) is 11.6 Å². The number of benzene rings is 1. The fraction of sp³-hybridized carbons (Fsp3) is 0.267. The van der Waals surface area contributed by atoms with Crippen LogP contribution in [0.4, 0.5) is 0 Å². The van der Waals surface area contributed by atoms with Crippen LogP contribution in [0.25, 0.3) is 5.69 Å². The zero-order valence-corrected chi connectivity index (χ0v) is 13.5. The van der Waals surface area contributed by atoms with Crippen LogP contribution in [-0.4, -0.2) is 16.2 Å². The van der Waals surface area contributed by atoms with Gasteiger partial charge in [0, 0.05) is 21.4 Å². The fourth-order valence-corrected chi connectivity index (χ4v) is 2.85. The predicted octanol–water partition coefficient (Wildman–Crippen LogP) is 4.59. The number of halogens is 2. The van der Waals surface area contributed by atoms with E-state index in [-0.39, 0.29) is 11.7 Å². The van der Waals surface area contributed by atoms with Crippen LogP contribution in [0.15, 0.2) is 28.7 Å². The molecule has 1 heterocycles. The Bertz CT molecular complexity index is 646. The van der Waals surface area contributed by atoms with Crippen LogP contribution in [0.3, 0.4) is 0 Å². The van der Waals surface area contributed by atoms with Gasteiger partial charge in [-0.3, -0.25) is 4.79 Å². The summed E-state index contributed by atoms with van der Waals surface area (Å²) < 4.78 is 3.08. The average Bonchev–Trinajstić information content (AvgIpc) is 2.67. The van der Waals surface area contributed by atoms with Gasteiger partial charge in [-0.1, -0.05) is 6.07 Å². The van der Waals surface area contributed by atoms with Gasteiger partial charge in [-0.05, 0) is 60.5 Å². The molecule has 0 radical (unpaired) electrons. The number of aryl methyl sites for hydroxylation is 2. The first kappa shape index (κ1) is 14.4. The highest BCUT2D eigenvalue weighted by Crippen LogP contribution is 2.28. The monoisotopic (exact) mass is 339 g/mol. The third-order valence-corrected chi connectivity index (χ3v) is 4.11. The topological polar surface area (TPSA) is 22.0 Å². The number of Topliss-reactive ketones (excluding diaryl/α,β-unsaturated/α-hetero) is 1. The van der Waals surface area contributed by atoms with E-state index in [1.807, 2.05) is 32.0 Å². The Balaban J connectivity index is 2.66. The molecule has 100 valence electrons. The SMILES string of the molecule is Cc1ccc(Br)c(-n2c(C)cc(C(=O)CCl)c2C)c1. The molecule has 0 fully saturated rings. The van der Waals surface area contributed by atoms with E-state index >= 15 is 0 Å². The van der Waals surface area contributed by atoms with E-state index in [4.69, 9.17) is 11.6 Å². The molecule has 19 heavy (non-hydrogen) atoms. The number of carbonyl (C=O) groups is 1. The summed E-state index contributed by atoms with van der Waals surface area (Å²) in [5.41, 5.74) is 4.87. The summed E-state index contributed by atoms with van der Waals surface area (Å²) in [5, 5.41) is 0. The molecule has 2 rings (SSSR count). The first-order valence-corrected chi connectivity index (χ1v) is 7.33. The zero-order valence-electron chi connectivity index (χ0n) is 11.1. The second-order valence-corrected chi connectivity index (χ2v) is 5.75. The molecule has 0 N–H and O–H groups in total. The molecule has 1 aromatic carbocycles. The molecule has 0 aliphatic rings. The largest absolute Gasteiger partial charge is 0.317 e. The first-order chi connectivity index (χ1) is 8.95. The number of aromatic nitrogens is 1. The maximum atomic E-state index is 11.8. The molecule has 0 bridgehead atoms. The van der Waals surface area contributed by atoms with Crippen molar-refractivity contribution in [2.75, 3.05) is 5.88 Å². The molecule has 0 unspecified atom stereocenters. The van der Waals surface area contributed by atoms with Crippen molar-refractivity contribution >= 4 is 33.3 Å². The van der Waals surface area contributed by atoms with Gasteiger partial charge in [0.2, 0.25) is 0 Å². The van der Waals surface area contributed by atoms with Crippen LogP contribution in [0.2, 0.25) is 0 Å². The Labute approximate surface area is 126 Å². The molecule has 0 spiro atoms. The van der Waals surface area contributed by atoms with E-state index in [0.717, 1.165) is 21.5 Å². The van der Waals surface area contributed by atoms with Crippen molar-refractivity contribution in [3.05, 3.63) is 51.3 Å². The van der Waals surface area contributed by atoms with Gasteiger partial charge < -0.3 is 4.57 Å². The number of nitrogens with zero attached hydrogens (tertiary/aromatic N) is 1. The van der Waals surface area contributed by atoms with E-state index in [1.165, 1.54) is 5.56 Å². The van der Waals surface area contributed by atoms with Gasteiger partial charge in [0.15, 0.2) is 5.78 Å². The zero-order chi connectivity index (χ0) is 14.2. The lowest BCUT2D eigenvalue weighted by molar-refractivity contribution is 0.102. The third-order valence-electron chi connectivity index (χ3n) is 3.20. The van der Waals surface area contributed by atoms with Crippen molar-refractivity contribution in [1.82, 2.24) is 4.57 Å². The average molecular weight is 341 g/mol. The number of alkyl halides is 1. The molecule has 0 amide bonds. The lowest BCUT2D eigenvalue weighted by atomic mass is 10.2. The minimum Gasteiger partial charge on any atom is -0.317 e. The van der Waals surface area contributed by atoms with Crippen molar-refractivity contribution in [2.24, 2.45) is 0 Å². The summed E-state index contributed by atoms with van der Waals surface area (Å²) >= 11 is 9.22. The molecule has 0 saturated heterocycles. The standard InChI is InChI=1S/C15H15BrClNO/c1-9-4-5-13(16)14(6-9)18-10(2)7-12(11(18)3)15(19)8-17/h4-7H,8H2,1-3H3. The highest BCUT2D eigenvalue weighted by atomic mass is 79.9. The van der Waals surface area contributed by atoms with E-state index in [2.05, 4.69) is 33.5 Å². The fourth-order valence-electron chi connectivity index (χ4n) is 2.28. The summed E-state index contributed by atoms with van der Waals surface area (Å²) in [7, 11) is 0. The molecule has 0 aliphatic carbocycles. The van der Waals surface area contributed by atoms with Gasteiger partial charge in [0.1, 0.15) is 0 Å². The molecule has 2 aromatic rings. The maximum Gasteiger partial charge on any atom is 0.179 e. The van der Waals surface area contributed by atoms with Crippen LogP contribution in [0.1, 0.15) is 27.3 Å². The van der Waals surface area contributed by atoms with Gasteiger partial charge in [-0.2, -0.15) is 0 Å². The van der Waals surface area contributed by atoms with Gasteiger partial charge in [0.25, 0.3) is 0 Å². The van der Waals surface area contributed by atoms with E-state index in [0.29, 0.717) is 5.56 Å². The van der Waals surface area contributed by atoms with Crippen LogP contribution in [0.5, 0.6) is 0 Å². The van der Waals surface area contributed by atoms with Gasteiger partial charge >= 0.3 is 0 Å². The summed E-state index contributed by atoms with van der Waals surface area (Å²) in [4.78, 5) is 11.8. The molecule has 0 atom stereocenters. The van der Waals surface area contributed by atoms with Gasteiger partial charge in [-0.25, -0.2) is 0 Å². The Kier molecular flexibility index (Phi) is 4.16. The van der Waals surface area contributed by atoms with Crippen molar-refractivity contribution in [1.29, 1.82) is 0 Å². The second-order valence-electron chi connectivity index (χ2n) is 4.63. The number of carbonyl (C=O) groups excluding carboxylic acids is 1. The highest BCUT2D eigenvalue weighted by Gasteiger charge is 2.17. The molecule has 1 aromatic heterocycles. The molecule has 0 saturated carbocycles. The number of hydrogen-bond acceptors (Lipinski definition) is 1. The van der Waals surface area contributed by atoms with Crippen molar-refractivity contribution in [3.8, 4) is 5.69 Å². The lowest BCUT2D eigenvalue weighted by Gasteiger charge is -2.12. The predicted molar refractivity (Wildman–Crippen MR) is 82.7 cm³/mol. The summed E-state index contributed by atoms with van der Waals surface area (Å²) in [6.45, 7) is 5.99. The first-order valence-electron chi connectivity index (χ1n) is 6.00. The Hall–Kier alpha value is -1.06. The molecule has 2 nitrogen and oxygen atoms in total. The quantitative estimate of drug-likeness (QED) is 0.592. The Morgan fingerprint density at radius 3 is 2.58 bits per heavy atom.